The van der Waals surface area contributed by atoms with Gasteiger partial charge in [-0.25, -0.2) is 4.79 Å². The summed E-state index contributed by atoms with van der Waals surface area (Å²) in [5.41, 5.74) is -0.297. The van der Waals surface area contributed by atoms with Crippen molar-refractivity contribution >= 4 is 6.09 Å². The van der Waals surface area contributed by atoms with Crippen molar-refractivity contribution < 1.29 is 9.90 Å². The molecule has 0 radical (unpaired) electrons. The molecule has 1 aliphatic heterocycles. The van der Waals surface area contributed by atoms with Crippen LogP contribution < -0.4 is 5.32 Å². The van der Waals surface area contributed by atoms with E-state index in [1.165, 1.54) is 12.8 Å². The molecule has 2 unspecified atom stereocenters. The average Bonchev–Trinajstić information content (AvgIpc) is 2.40. The maximum absolute atomic E-state index is 11.5. The van der Waals surface area contributed by atoms with E-state index in [4.69, 9.17) is 0 Å². The van der Waals surface area contributed by atoms with Gasteiger partial charge >= 0.3 is 6.09 Å². The molecular weight excluding hydrogens is 204 g/mol. The number of hydrogen-bond acceptors (Lipinski definition) is 2. The summed E-state index contributed by atoms with van der Waals surface area (Å²) in [6.45, 7) is 7.91. The van der Waals surface area contributed by atoms with E-state index in [0.717, 1.165) is 13.1 Å². The molecule has 2 N–H and O–H groups in total. The van der Waals surface area contributed by atoms with Crippen molar-refractivity contribution in [3.8, 4) is 0 Å². The van der Waals surface area contributed by atoms with Gasteiger partial charge in [-0.3, -0.25) is 4.90 Å². The number of carboxylic acid groups (broad SMARTS) is 1. The van der Waals surface area contributed by atoms with Crippen LogP contribution in [0.3, 0.4) is 0 Å². The topological polar surface area (TPSA) is 52.6 Å². The Labute approximate surface area is 97.0 Å². The van der Waals surface area contributed by atoms with Gasteiger partial charge in [0.05, 0.1) is 0 Å². The van der Waals surface area contributed by atoms with Gasteiger partial charge in [0.1, 0.15) is 0 Å². The fraction of sp³-hybridized carbons (Fsp3) is 0.917. The first kappa shape index (κ1) is 11.7. The number of hydrogen-bond donors (Lipinski definition) is 2. The second-order valence-corrected chi connectivity index (χ2v) is 6.07. The van der Waals surface area contributed by atoms with Crippen LogP contribution >= 0.6 is 0 Å². The zero-order valence-corrected chi connectivity index (χ0v) is 10.4. The Morgan fingerprint density at radius 3 is 2.12 bits per heavy atom. The molecule has 2 atom stereocenters. The van der Waals surface area contributed by atoms with E-state index in [0.29, 0.717) is 11.8 Å². The highest BCUT2D eigenvalue weighted by Gasteiger charge is 2.47. The minimum Gasteiger partial charge on any atom is -0.465 e. The lowest BCUT2D eigenvalue weighted by Gasteiger charge is -2.45. The van der Waals surface area contributed by atoms with Crippen LogP contribution in [0.2, 0.25) is 0 Å². The van der Waals surface area contributed by atoms with Gasteiger partial charge in [0, 0.05) is 11.6 Å². The lowest BCUT2D eigenvalue weighted by molar-refractivity contribution is 0.0319. The molecule has 2 rings (SSSR count). The number of rotatable bonds is 1. The fourth-order valence-corrected chi connectivity index (χ4v) is 3.34. The molecule has 0 aromatic heterocycles. The highest BCUT2D eigenvalue weighted by molar-refractivity contribution is 5.66. The van der Waals surface area contributed by atoms with Crippen LogP contribution in [0.4, 0.5) is 4.79 Å². The summed E-state index contributed by atoms with van der Waals surface area (Å²) in [4.78, 5) is 13.2. The third-order valence-electron chi connectivity index (χ3n) is 3.91. The lowest BCUT2D eigenvalue weighted by Crippen LogP contribution is -2.59. The normalized spacial score (nSPS) is 33.8. The third-order valence-corrected chi connectivity index (χ3v) is 3.91. The Bertz CT molecular complexity index is 269. The lowest BCUT2D eigenvalue weighted by atomic mass is 9.89. The SMILES string of the molecule is CC(C)(C)N(C(=O)O)C1C2CCC1CNC2. The molecule has 1 heterocycles. The monoisotopic (exact) mass is 226 g/mol. The van der Waals surface area contributed by atoms with E-state index in [2.05, 4.69) is 5.32 Å². The number of fused-ring (bicyclic) bond motifs is 2. The summed E-state index contributed by atoms with van der Waals surface area (Å²) in [5.74, 6) is 1.02. The number of carbonyl (C=O) groups is 1. The predicted octanol–water partition coefficient (Wildman–Crippen LogP) is 1.76. The number of amides is 1. The smallest absolute Gasteiger partial charge is 0.408 e. The number of nitrogens with zero attached hydrogens (tertiary/aromatic N) is 1. The highest BCUT2D eigenvalue weighted by Crippen LogP contribution is 2.39. The second-order valence-electron chi connectivity index (χ2n) is 6.07. The van der Waals surface area contributed by atoms with Gasteiger partial charge < -0.3 is 10.4 Å². The Balaban J connectivity index is 2.24. The summed E-state index contributed by atoms with van der Waals surface area (Å²) in [5, 5.41) is 12.8. The number of piperidine rings is 1. The molecule has 1 aliphatic carbocycles. The van der Waals surface area contributed by atoms with Crippen molar-refractivity contribution in [3.05, 3.63) is 0 Å². The summed E-state index contributed by atoms with van der Waals surface area (Å²) < 4.78 is 0. The van der Waals surface area contributed by atoms with Crippen molar-refractivity contribution in [3.63, 3.8) is 0 Å². The molecule has 4 nitrogen and oxygen atoms in total. The molecule has 1 saturated heterocycles. The summed E-state index contributed by atoms with van der Waals surface area (Å²) in [6.07, 6.45) is 1.57. The average molecular weight is 226 g/mol. The van der Waals surface area contributed by atoms with Crippen LogP contribution in [0.15, 0.2) is 0 Å². The zero-order valence-electron chi connectivity index (χ0n) is 10.4. The molecule has 92 valence electrons. The summed E-state index contributed by atoms with van der Waals surface area (Å²) in [6, 6.07) is 0.221. The Morgan fingerprint density at radius 1 is 1.25 bits per heavy atom. The van der Waals surface area contributed by atoms with Crippen molar-refractivity contribution in [2.24, 2.45) is 11.8 Å². The first-order valence-electron chi connectivity index (χ1n) is 6.14. The first-order valence-corrected chi connectivity index (χ1v) is 6.14. The molecule has 2 bridgehead atoms. The first-order chi connectivity index (χ1) is 7.41. The van der Waals surface area contributed by atoms with Gasteiger partial charge in [-0.2, -0.15) is 0 Å². The quantitative estimate of drug-likeness (QED) is 0.716. The molecule has 0 spiro atoms. The van der Waals surface area contributed by atoms with E-state index in [-0.39, 0.29) is 11.6 Å². The maximum atomic E-state index is 11.5. The van der Waals surface area contributed by atoms with E-state index in [1.807, 2.05) is 20.8 Å². The van der Waals surface area contributed by atoms with E-state index >= 15 is 0 Å². The Morgan fingerprint density at radius 2 is 1.75 bits per heavy atom. The molecule has 0 aromatic carbocycles. The number of nitrogens with one attached hydrogen (secondary N) is 1. The fourth-order valence-electron chi connectivity index (χ4n) is 3.34. The van der Waals surface area contributed by atoms with Crippen LogP contribution in [0.1, 0.15) is 33.6 Å². The van der Waals surface area contributed by atoms with Crippen LogP contribution in [0, 0.1) is 11.8 Å². The van der Waals surface area contributed by atoms with Gasteiger partial charge in [0.25, 0.3) is 0 Å². The van der Waals surface area contributed by atoms with E-state index in [1.54, 1.807) is 4.90 Å². The van der Waals surface area contributed by atoms with Gasteiger partial charge in [-0.1, -0.05) is 0 Å². The molecule has 2 fully saturated rings. The molecule has 1 saturated carbocycles. The van der Waals surface area contributed by atoms with Crippen LogP contribution in [-0.4, -0.2) is 40.8 Å². The minimum absolute atomic E-state index is 0.221. The molecular formula is C12H22N2O2. The van der Waals surface area contributed by atoms with E-state index in [9.17, 15) is 9.90 Å². The predicted molar refractivity (Wildman–Crippen MR) is 62.5 cm³/mol. The summed E-state index contributed by atoms with van der Waals surface area (Å²) >= 11 is 0. The molecule has 1 amide bonds. The van der Waals surface area contributed by atoms with Gasteiger partial charge in [-0.05, 0) is 58.5 Å². The van der Waals surface area contributed by atoms with Crippen LogP contribution in [-0.2, 0) is 0 Å². The van der Waals surface area contributed by atoms with Crippen LogP contribution in [0.5, 0.6) is 0 Å². The minimum atomic E-state index is -0.767. The largest absolute Gasteiger partial charge is 0.465 e. The third kappa shape index (κ3) is 1.90. The van der Waals surface area contributed by atoms with Gasteiger partial charge in [0.15, 0.2) is 0 Å². The standard InChI is InChI=1S/C12H22N2O2/c1-12(2,3)14(11(15)16)10-8-4-5-9(10)7-13-6-8/h8-10,13H,4-7H2,1-3H3,(H,15,16). The molecule has 0 aromatic rings. The van der Waals surface area contributed by atoms with Crippen molar-refractivity contribution in [1.29, 1.82) is 0 Å². The van der Waals surface area contributed by atoms with Crippen molar-refractivity contribution in [2.75, 3.05) is 13.1 Å². The Kier molecular flexibility index (Phi) is 2.86. The molecule has 4 heteroatoms. The van der Waals surface area contributed by atoms with Crippen molar-refractivity contribution in [2.45, 2.75) is 45.2 Å². The van der Waals surface area contributed by atoms with Crippen LogP contribution in [0.25, 0.3) is 0 Å². The Hall–Kier alpha value is -0.770. The van der Waals surface area contributed by atoms with Crippen molar-refractivity contribution in [1.82, 2.24) is 10.2 Å². The van der Waals surface area contributed by atoms with Gasteiger partial charge in [0.2, 0.25) is 0 Å². The zero-order chi connectivity index (χ0) is 11.9. The maximum Gasteiger partial charge on any atom is 0.408 e. The van der Waals surface area contributed by atoms with E-state index < -0.39 is 6.09 Å². The van der Waals surface area contributed by atoms with Gasteiger partial charge in [-0.15, -0.1) is 0 Å². The second kappa shape index (κ2) is 3.91. The highest BCUT2D eigenvalue weighted by atomic mass is 16.4. The molecule has 16 heavy (non-hydrogen) atoms. The molecule has 2 aliphatic rings. The summed E-state index contributed by atoms with van der Waals surface area (Å²) in [7, 11) is 0.